The van der Waals surface area contributed by atoms with E-state index >= 15 is 0 Å². The Balaban J connectivity index is 2.38. The van der Waals surface area contributed by atoms with E-state index in [1.54, 1.807) is 50.8 Å². The highest BCUT2D eigenvalue weighted by molar-refractivity contribution is 9.10. The van der Waals surface area contributed by atoms with Crippen LogP contribution in [0.1, 0.15) is 5.56 Å². The molecule has 0 unspecified atom stereocenters. The molecule has 2 aromatic rings. The maximum atomic E-state index is 10.1. The maximum Gasteiger partial charge on any atom is 0.166 e. The van der Waals surface area contributed by atoms with Crippen molar-refractivity contribution >= 4 is 27.8 Å². The molecule has 0 amide bonds. The average Bonchev–Trinajstić information content (AvgIpc) is 2.54. The van der Waals surface area contributed by atoms with E-state index in [-0.39, 0.29) is 5.75 Å². The largest absolute Gasteiger partial charge is 0.504 e. The molecule has 0 aromatic heterocycles. The third-order valence-corrected chi connectivity index (χ3v) is 3.44. The lowest BCUT2D eigenvalue weighted by atomic mass is 10.2. The Hall–Kier alpha value is -2.21. The van der Waals surface area contributed by atoms with Gasteiger partial charge in [-0.3, -0.25) is 4.99 Å². The smallest absolute Gasteiger partial charge is 0.166 e. The number of halogens is 1. The summed E-state index contributed by atoms with van der Waals surface area (Å²) in [6, 6.07) is 8.73. The molecule has 2 aromatic carbocycles. The highest BCUT2D eigenvalue weighted by Gasteiger charge is 2.08. The van der Waals surface area contributed by atoms with Crippen LogP contribution < -0.4 is 14.2 Å². The topological polar surface area (TPSA) is 60.3 Å². The predicted octanol–water partition coefficient (Wildman–Crippen LogP) is 3.93. The summed E-state index contributed by atoms with van der Waals surface area (Å²) in [6.45, 7) is 0. The first-order chi connectivity index (χ1) is 10.6. The van der Waals surface area contributed by atoms with E-state index in [9.17, 15) is 5.11 Å². The van der Waals surface area contributed by atoms with Gasteiger partial charge in [-0.05, 0) is 12.1 Å². The van der Waals surface area contributed by atoms with Gasteiger partial charge in [0.2, 0.25) is 0 Å². The van der Waals surface area contributed by atoms with Crippen molar-refractivity contribution in [2.24, 2.45) is 4.99 Å². The van der Waals surface area contributed by atoms with Crippen LogP contribution in [-0.2, 0) is 0 Å². The van der Waals surface area contributed by atoms with Crippen LogP contribution in [0.25, 0.3) is 0 Å². The van der Waals surface area contributed by atoms with E-state index in [0.29, 0.717) is 28.5 Å². The number of aromatic hydroxyl groups is 1. The summed E-state index contributed by atoms with van der Waals surface area (Å²) in [6.07, 6.45) is 1.55. The van der Waals surface area contributed by atoms with Crippen molar-refractivity contribution in [1.29, 1.82) is 0 Å². The SMILES string of the molecule is COc1cc(/N=C/c2cc(Br)cc(OC)c2O)cc(OC)c1. The highest BCUT2D eigenvalue weighted by Crippen LogP contribution is 2.33. The van der Waals surface area contributed by atoms with Gasteiger partial charge in [-0.25, -0.2) is 0 Å². The van der Waals surface area contributed by atoms with Crippen LogP contribution in [0.2, 0.25) is 0 Å². The summed E-state index contributed by atoms with van der Waals surface area (Å²) in [5, 5.41) is 10.1. The molecule has 0 aliphatic heterocycles. The van der Waals surface area contributed by atoms with Gasteiger partial charge in [-0.15, -0.1) is 0 Å². The molecule has 0 aliphatic rings. The van der Waals surface area contributed by atoms with Gasteiger partial charge in [-0.2, -0.15) is 0 Å². The van der Waals surface area contributed by atoms with Crippen LogP contribution in [0.15, 0.2) is 39.8 Å². The van der Waals surface area contributed by atoms with E-state index in [1.807, 2.05) is 0 Å². The number of methoxy groups -OCH3 is 3. The van der Waals surface area contributed by atoms with Gasteiger partial charge in [0, 0.05) is 34.4 Å². The normalized spacial score (nSPS) is 10.7. The second-order valence-electron chi connectivity index (χ2n) is 4.37. The van der Waals surface area contributed by atoms with Crippen LogP contribution in [0.3, 0.4) is 0 Å². The summed E-state index contributed by atoms with van der Waals surface area (Å²) in [5.74, 6) is 1.69. The van der Waals surface area contributed by atoms with Crippen molar-refractivity contribution in [3.8, 4) is 23.0 Å². The zero-order chi connectivity index (χ0) is 16.1. The number of ether oxygens (including phenoxy) is 3. The lowest BCUT2D eigenvalue weighted by Crippen LogP contribution is -1.90. The van der Waals surface area contributed by atoms with Crippen molar-refractivity contribution in [2.75, 3.05) is 21.3 Å². The molecule has 22 heavy (non-hydrogen) atoms. The second-order valence-corrected chi connectivity index (χ2v) is 5.29. The molecule has 0 heterocycles. The molecule has 0 bridgehead atoms. The summed E-state index contributed by atoms with van der Waals surface area (Å²) in [7, 11) is 4.65. The third kappa shape index (κ3) is 3.71. The fourth-order valence-corrected chi connectivity index (χ4v) is 2.31. The van der Waals surface area contributed by atoms with Crippen LogP contribution in [0.5, 0.6) is 23.0 Å². The lowest BCUT2D eigenvalue weighted by molar-refractivity contribution is 0.373. The second kappa shape index (κ2) is 7.17. The molecule has 0 aliphatic carbocycles. The molecular formula is C16H16BrNO4. The number of hydrogen-bond donors (Lipinski definition) is 1. The van der Waals surface area contributed by atoms with E-state index in [4.69, 9.17) is 14.2 Å². The first-order valence-electron chi connectivity index (χ1n) is 6.41. The Morgan fingerprint density at radius 2 is 1.59 bits per heavy atom. The Labute approximate surface area is 137 Å². The fraction of sp³-hybridized carbons (Fsp3) is 0.188. The minimum Gasteiger partial charge on any atom is -0.504 e. The standard InChI is InChI=1S/C16H16BrNO4/c1-20-13-6-12(7-14(8-13)21-2)18-9-10-4-11(17)5-15(22-3)16(10)19/h4-9,19H,1-3H3/b18-9+. The van der Waals surface area contributed by atoms with Crippen molar-refractivity contribution in [2.45, 2.75) is 0 Å². The molecule has 1 N–H and O–H groups in total. The van der Waals surface area contributed by atoms with Crippen LogP contribution in [0.4, 0.5) is 5.69 Å². The molecule has 0 atom stereocenters. The molecular weight excluding hydrogens is 350 g/mol. The number of benzene rings is 2. The molecule has 0 radical (unpaired) electrons. The molecule has 0 saturated carbocycles. The first kappa shape index (κ1) is 16.2. The van der Waals surface area contributed by atoms with Gasteiger partial charge in [-0.1, -0.05) is 15.9 Å². The van der Waals surface area contributed by atoms with E-state index in [0.717, 1.165) is 4.47 Å². The molecule has 0 fully saturated rings. The third-order valence-electron chi connectivity index (χ3n) is 2.98. The zero-order valence-corrected chi connectivity index (χ0v) is 14.0. The number of phenolic OH excluding ortho intramolecular Hbond substituents is 1. The minimum atomic E-state index is 0.0318. The Morgan fingerprint density at radius 1 is 0.955 bits per heavy atom. The summed E-state index contributed by atoms with van der Waals surface area (Å²) >= 11 is 3.37. The highest BCUT2D eigenvalue weighted by atomic mass is 79.9. The van der Waals surface area contributed by atoms with E-state index in [1.165, 1.54) is 7.11 Å². The van der Waals surface area contributed by atoms with Gasteiger partial charge in [0.1, 0.15) is 11.5 Å². The number of rotatable bonds is 5. The van der Waals surface area contributed by atoms with Crippen molar-refractivity contribution in [1.82, 2.24) is 0 Å². The van der Waals surface area contributed by atoms with Gasteiger partial charge in [0.05, 0.1) is 27.0 Å². The van der Waals surface area contributed by atoms with E-state index < -0.39 is 0 Å². The quantitative estimate of drug-likeness (QED) is 0.815. The maximum absolute atomic E-state index is 10.1. The number of nitrogens with zero attached hydrogens (tertiary/aromatic N) is 1. The molecule has 5 nitrogen and oxygen atoms in total. The van der Waals surface area contributed by atoms with Crippen LogP contribution in [-0.4, -0.2) is 32.7 Å². The number of hydrogen-bond acceptors (Lipinski definition) is 5. The van der Waals surface area contributed by atoms with Crippen LogP contribution in [0, 0.1) is 0 Å². The minimum absolute atomic E-state index is 0.0318. The summed E-state index contributed by atoms with van der Waals surface area (Å²) in [4.78, 5) is 4.35. The molecule has 0 spiro atoms. The van der Waals surface area contributed by atoms with Gasteiger partial charge < -0.3 is 19.3 Å². The van der Waals surface area contributed by atoms with Gasteiger partial charge in [0.15, 0.2) is 11.5 Å². The van der Waals surface area contributed by atoms with Gasteiger partial charge in [0.25, 0.3) is 0 Å². The number of aliphatic imine (C=N–C) groups is 1. The Kier molecular flexibility index (Phi) is 5.27. The van der Waals surface area contributed by atoms with Crippen molar-refractivity contribution in [3.05, 3.63) is 40.4 Å². The zero-order valence-electron chi connectivity index (χ0n) is 12.5. The average molecular weight is 366 g/mol. The Morgan fingerprint density at radius 3 is 2.14 bits per heavy atom. The molecule has 6 heteroatoms. The molecule has 116 valence electrons. The van der Waals surface area contributed by atoms with Crippen LogP contribution >= 0.6 is 15.9 Å². The fourth-order valence-electron chi connectivity index (χ4n) is 1.86. The predicted molar refractivity (Wildman–Crippen MR) is 89.2 cm³/mol. The van der Waals surface area contributed by atoms with Gasteiger partial charge >= 0.3 is 0 Å². The monoisotopic (exact) mass is 365 g/mol. The van der Waals surface area contributed by atoms with Crippen molar-refractivity contribution < 1.29 is 19.3 Å². The molecule has 0 saturated heterocycles. The summed E-state index contributed by atoms with van der Waals surface area (Å²) < 4.78 is 16.3. The molecule has 2 rings (SSSR count). The van der Waals surface area contributed by atoms with Crippen molar-refractivity contribution in [3.63, 3.8) is 0 Å². The summed E-state index contributed by atoms with van der Waals surface area (Å²) in [5.41, 5.74) is 1.18. The lowest BCUT2D eigenvalue weighted by Gasteiger charge is -2.07. The first-order valence-corrected chi connectivity index (χ1v) is 7.20. The Bertz CT molecular complexity index is 679. The number of phenols is 1. The van der Waals surface area contributed by atoms with E-state index in [2.05, 4.69) is 20.9 Å².